The normalized spacial score (nSPS) is 12.2. The van der Waals surface area contributed by atoms with Crippen molar-refractivity contribution in [1.29, 1.82) is 0 Å². The molecule has 0 spiro atoms. The Bertz CT molecular complexity index is 544. The highest BCUT2D eigenvalue weighted by Gasteiger charge is 2.16. The standard InChI is InChI=1S/C12H17FN2O3S.ClH/c1-15(2)19(16,17)12-5-3-11(4-6-12)18-9-10(13)7-8-14;/h3-7H,8-9,14H2,1-2H3;1H. The highest BCUT2D eigenvalue weighted by Crippen LogP contribution is 2.18. The first kappa shape index (κ1) is 18.9. The van der Waals surface area contributed by atoms with Crippen LogP contribution in [0.25, 0.3) is 0 Å². The number of sulfonamides is 1. The molecular weight excluding hydrogens is 307 g/mol. The van der Waals surface area contributed by atoms with Gasteiger partial charge < -0.3 is 10.5 Å². The predicted molar refractivity (Wildman–Crippen MR) is 78.3 cm³/mol. The molecule has 0 saturated heterocycles. The number of nitrogens with two attached hydrogens (primary N) is 1. The van der Waals surface area contributed by atoms with Crippen LogP contribution < -0.4 is 10.5 Å². The van der Waals surface area contributed by atoms with Crippen LogP contribution >= 0.6 is 12.4 Å². The van der Waals surface area contributed by atoms with Crippen LogP contribution in [0.4, 0.5) is 4.39 Å². The van der Waals surface area contributed by atoms with E-state index in [0.717, 1.165) is 4.31 Å². The van der Waals surface area contributed by atoms with Crippen LogP contribution in [0, 0.1) is 0 Å². The molecule has 0 unspecified atom stereocenters. The van der Waals surface area contributed by atoms with E-state index in [9.17, 15) is 12.8 Å². The van der Waals surface area contributed by atoms with Gasteiger partial charge in [-0.25, -0.2) is 17.1 Å². The van der Waals surface area contributed by atoms with E-state index in [1.165, 1.54) is 44.4 Å². The minimum absolute atomic E-state index is 0. The molecule has 0 saturated carbocycles. The van der Waals surface area contributed by atoms with Gasteiger partial charge in [0.2, 0.25) is 10.0 Å². The third kappa shape index (κ3) is 5.09. The van der Waals surface area contributed by atoms with E-state index < -0.39 is 15.9 Å². The fourth-order valence-corrected chi connectivity index (χ4v) is 2.16. The first-order chi connectivity index (χ1) is 8.87. The number of hydrogen-bond donors (Lipinski definition) is 1. The molecule has 1 rings (SSSR count). The number of nitrogens with zero attached hydrogens (tertiary/aromatic N) is 1. The third-order valence-corrected chi connectivity index (χ3v) is 4.15. The van der Waals surface area contributed by atoms with E-state index in [1.807, 2.05) is 0 Å². The summed E-state index contributed by atoms with van der Waals surface area (Å²) in [6.45, 7) is -0.119. The molecule has 0 amide bonds. The molecule has 1 aromatic carbocycles. The lowest BCUT2D eigenvalue weighted by atomic mass is 10.3. The van der Waals surface area contributed by atoms with Gasteiger partial charge >= 0.3 is 0 Å². The van der Waals surface area contributed by atoms with E-state index in [1.54, 1.807) is 0 Å². The molecule has 114 valence electrons. The molecule has 0 aliphatic heterocycles. The van der Waals surface area contributed by atoms with Crippen molar-refractivity contribution in [1.82, 2.24) is 4.31 Å². The molecule has 0 aliphatic carbocycles. The summed E-state index contributed by atoms with van der Waals surface area (Å²) < 4.78 is 42.9. The molecule has 0 fully saturated rings. The van der Waals surface area contributed by atoms with Gasteiger partial charge in [0.05, 0.1) is 4.90 Å². The van der Waals surface area contributed by atoms with Gasteiger partial charge in [0.1, 0.15) is 18.2 Å². The highest BCUT2D eigenvalue weighted by molar-refractivity contribution is 7.89. The number of benzene rings is 1. The first-order valence-corrected chi connectivity index (χ1v) is 7.02. The van der Waals surface area contributed by atoms with Gasteiger partial charge in [0, 0.05) is 20.6 Å². The highest BCUT2D eigenvalue weighted by atomic mass is 35.5. The van der Waals surface area contributed by atoms with Crippen molar-refractivity contribution < 1.29 is 17.5 Å². The zero-order chi connectivity index (χ0) is 14.5. The molecule has 8 heteroatoms. The van der Waals surface area contributed by atoms with Crippen LogP contribution in [-0.2, 0) is 10.0 Å². The Labute approximate surface area is 124 Å². The van der Waals surface area contributed by atoms with E-state index in [-0.39, 0.29) is 30.5 Å². The molecule has 0 atom stereocenters. The zero-order valence-corrected chi connectivity index (χ0v) is 12.9. The molecule has 0 aromatic heterocycles. The summed E-state index contributed by atoms with van der Waals surface area (Å²) in [5, 5.41) is 0. The van der Waals surface area contributed by atoms with E-state index in [4.69, 9.17) is 10.5 Å². The second-order valence-electron chi connectivity index (χ2n) is 3.93. The molecular formula is C12H18ClFN2O3S. The van der Waals surface area contributed by atoms with Crippen molar-refractivity contribution in [3.05, 3.63) is 36.2 Å². The topological polar surface area (TPSA) is 72.6 Å². The van der Waals surface area contributed by atoms with Gasteiger partial charge in [-0.2, -0.15) is 0 Å². The van der Waals surface area contributed by atoms with Crippen molar-refractivity contribution >= 4 is 22.4 Å². The van der Waals surface area contributed by atoms with Crippen LogP contribution in [0.3, 0.4) is 0 Å². The molecule has 0 aliphatic rings. The SMILES string of the molecule is CN(C)S(=O)(=O)c1ccc(OCC(F)=CCN)cc1.Cl. The minimum Gasteiger partial charge on any atom is -0.487 e. The maximum atomic E-state index is 13.0. The predicted octanol–water partition coefficient (Wildman–Crippen LogP) is 1.55. The molecule has 1 aromatic rings. The maximum Gasteiger partial charge on any atom is 0.242 e. The number of rotatable bonds is 6. The van der Waals surface area contributed by atoms with Crippen molar-refractivity contribution in [2.75, 3.05) is 27.2 Å². The van der Waals surface area contributed by atoms with E-state index >= 15 is 0 Å². The monoisotopic (exact) mass is 324 g/mol. The average Bonchev–Trinajstić information content (AvgIpc) is 2.37. The summed E-state index contributed by atoms with van der Waals surface area (Å²) in [5.74, 6) is -0.0780. The van der Waals surface area contributed by atoms with Crippen LogP contribution in [0.5, 0.6) is 5.75 Å². The number of halogens is 2. The Morgan fingerprint density at radius 1 is 1.35 bits per heavy atom. The van der Waals surface area contributed by atoms with Gasteiger partial charge in [-0.3, -0.25) is 0 Å². The fraction of sp³-hybridized carbons (Fsp3) is 0.333. The minimum atomic E-state index is -3.46. The van der Waals surface area contributed by atoms with Crippen LogP contribution in [-0.4, -0.2) is 40.0 Å². The second kappa shape index (κ2) is 8.21. The van der Waals surface area contributed by atoms with Gasteiger partial charge in [0.25, 0.3) is 0 Å². The molecule has 2 N–H and O–H groups in total. The van der Waals surface area contributed by atoms with Crippen LogP contribution in [0.2, 0.25) is 0 Å². The van der Waals surface area contributed by atoms with Crippen LogP contribution in [0.15, 0.2) is 41.1 Å². The summed E-state index contributed by atoms with van der Waals surface area (Å²) in [6.07, 6.45) is 1.21. The Morgan fingerprint density at radius 2 is 1.90 bits per heavy atom. The molecule has 20 heavy (non-hydrogen) atoms. The summed E-state index contributed by atoms with van der Waals surface area (Å²) in [5.41, 5.74) is 5.15. The van der Waals surface area contributed by atoms with Crippen molar-refractivity contribution in [3.63, 3.8) is 0 Å². The van der Waals surface area contributed by atoms with E-state index in [0.29, 0.717) is 5.75 Å². The zero-order valence-electron chi connectivity index (χ0n) is 11.2. The first-order valence-electron chi connectivity index (χ1n) is 5.58. The van der Waals surface area contributed by atoms with Gasteiger partial charge in [-0.15, -0.1) is 12.4 Å². The molecule has 0 heterocycles. The van der Waals surface area contributed by atoms with Crippen LogP contribution in [0.1, 0.15) is 0 Å². The second-order valence-corrected chi connectivity index (χ2v) is 6.09. The van der Waals surface area contributed by atoms with Gasteiger partial charge in [-0.1, -0.05) is 0 Å². The Hall–Kier alpha value is -1.15. The summed E-state index contributed by atoms with van der Waals surface area (Å²) in [7, 11) is -0.556. The summed E-state index contributed by atoms with van der Waals surface area (Å²) in [6, 6.07) is 5.78. The number of hydrogen-bond acceptors (Lipinski definition) is 4. The quantitative estimate of drug-likeness (QED) is 0.861. The fourth-order valence-electron chi connectivity index (χ4n) is 1.26. The Kier molecular flexibility index (Phi) is 7.74. The molecule has 0 bridgehead atoms. The smallest absolute Gasteiger partial charge is 0.242 e. The lowest BCUT2D eigenvalue weighted by Crippen LogP contribution is -2.22. The van der Waals surface area contributed by atoms with Gasteiger partial charge in [0.15, 0.2) is 0 Å². The molecule has 5 nitrogen and oxygen atoms in total. The van der Waals surface area contributed by atoms with Crippen molar-refractivity contribution in [3.8, 4) is 5.75 Å². The van der Waals surface area contributed by atoms with E-state index in [2.05, 4.69) is 0 Å². The molecule has 0 radical (unpaired) electrons. The number of ether oxygens (including phenoxy) is 1. The summed E-state index contributed by atoms with van der Waals surface area (Å²) >= 11 is 0. The third-order valence-electron chi connectivity index (χ3n) is 2.32. The largest absolute Gasteiger partial charge is 0.487 e. The Balaban J connectivity index is 0.00000361. The van der Waals surface area contributed by atoms with Crippen molar-refractivity contribution in [2.24, 2.45) is 5.73 Å². The lowest BCUT2D eigenvalue weighted by molar-refractivity contribution is 0.318. The lowest BCUT2D eigenvalue weighted by Gasteiger charge is -2.11. The van der Waals surface area contributed by atoms with Crippen molar-refractivity contribution in [2.45, 2.75) is 4.90 Å². The Morgan fingerprint density at radius 3 is 2.35 bits per heavy atom. The van der Waals surface area contributed by atoms with Gasteiger partial charge in [-0.05, 0) is 30.3 Å². The average molecular weight is 325 g/mol. The maximum absolute atomic E-state index is 13.0. The summed E-state index contributed by atoms with van der Waals surface area (Å²) in [4.78, 5) is 0.155.